The van der Waals surface area contributed by atoms with E-state index in [2.05, 4.69) is 0 Å². The van der Waals surface area contributed by atoms with E-state index in [1.807, 2.05) is 54.5 Å². The largest absolute Gasteiger partial charge is 0.495 e. The predicted molar refractivity (Wildman–Crippen MR) is 261 cm³/mol. The number of hydrogen-bond acceptors (Lipinski definition) is 17. The number of aliphatic hydroxyl groups is 7. The van der Waals surface area contributed by atoms with Crippen LogP contribution in [0.15, 0.2) is 60.4 Å². The summed E-state index contributed by atoms with van der Waals surface area (Å²) in [6.07, 6.45) is 2.92. The number of hydrogen-bond donors (Lipinski definition) is 7. The molecule has 7 N–H and O–H groups in total. The minimum absolute atomic E-state index is 0.0166. The average Bonchev–Trinajstić information content (AvgIpc) is 3.31. The molecule has 0 spiro atoms. The Bertz CT molecular complexity index is 1850. The summed E-state index contributed by atoms with van der Waals surface area (Å²) in [5, 5.41) is 77.4. The summed E-state index contributed by atoms with van der Waals surface area (Å²) in [5.41, 5.74) is 0. The number of allylic oxidation sites excluding steroid dienone is 4. The van der Waals surface area contributed by atoms with Gasteiger partial charge in [-0.05, 0) is 46.6 Å². The molecule has 404 valence electrons. The minimum Gasteiger partial charge on any atom is -0.495 e. The van der Waals surface area contributed by atoms with Gasteiger partial charge in [-0.2, -0.15) is 0 Å². The molecule has 25 atom stereocenters. The first kappa shape index (κ1) is 58.8. The number of cyclic esters (lactones) is 2. The van der Waals surface area contributed by atoms with Gasteiger partial charge in [-0.3, -0.25) is 0 Å². The molecule has 0 bridgehead atoms. The van der Waals surface area contributed by atoms with Crippen LogP contribution in [-0.4, -0.2) is 152 Å². The van der Waals surface area contributed by atoms with E-state index in [0.29, 0.717) is 12.2 Å². The lowest BCUT2D eigenvalue weighted by Crippen LogP contribution is -2.59. The van der Waals surface area contributed by atoms with Gasteiger partial charge >= 0.3 is 11.9 Å². The van der Waals surface area contributed by atoms with Crippen molar-refractivity contribution in [1.29, 1.82) is 0 Å². The quantitative estimate of drug-likeness (QED) is 0.114. The molecule has 3 fully saturated rings. The summed E-state index contributed by atoms with van der Waals surface area (Å²) in [6, 6.07) is 0. The number of carbonyl (C=O) groups excluding carboxylic acids is 2. The molecule has 17 heteroatoms. The molecule has 0 aliphatic carbocycles. The van der Waals surface area contributed by atoms with Crippen LogP contribution in [0.25, 0.3) is 0 Å². The smallest absolute Gasteiger partial charge is 0.331 e. The van der Waals surface area contributed by atoms with Crippen LogP contribution in [0.5, 0.6) is 0 Å². The normalized spacial score (nSPS) is 44.2. The molecule has 0 saturated carbocycles. The maximum atomic E-state index is 13.5. The molecular weight excluding hydrogens is 921 g/mol. The molecule has 0 radical (unpaired) electrons. The lowest BCUT2D eigenvalue weighted by Gasteiger charge is -2.50. The molecule has 5 heterocycles. The molecule has 5 aliphatic rings. The van der Waals surface area contributed by atoms with Crippen molar-refractivity contribution in [3.8, 4) is 0 Å². The first-order chi connectivity index (χ1) is 33.4. The summed E-state index contributed by atoms with van der Waals surface area (Å²) in [5.74, 6) is -6.63. The van der Waals surface area contributed by atoms with Gasteiger partial charge in [-0.25, -0.2) is 9.59 Å². The molecule has 0 aromatic heterocycles. The maximum absolute atomic E-state index is 13.5. The third kappa shape index (κ3) is 14.6. The summed E-state index contributed by atoms with van der Waals surface area (Å²) in [6.45, 7) is 21.8. The standard InChI is InChI=1S/C54H86O17/c1-13-37-33(9)64-41(25-42(37)67-46-23-39(55)50(61)35(11)65-46)29(5)48(59)30(6)52-27(3)19-15-17-22-45(58)70-53(28(4)20-16-18-21-44(57)69-52)31(7)49(60)32(8)54(63)26-43(38(14-2)34(10)71-54)68-47-24-40(56)51(62)36(12)66-47/h15-22,25,27-40,42-43,46-53,55-56,59-63H,13-14,23-24,26H2,1-12H3/b19-15+,20-16+,21-18+,22-17+/t27-,28-,29+,30+,31-,32-,33+,34-,35-,36+,37+,38-,39-,40+,42+,43-,46+,47+,48+,49+,50+,51-,52-,53-,54-/m0/s1. The van der Waals surface area contributed by atoms with Crippen molar-refractivity contribution in [2.24, 2.45) is 47.3 Å². The zero-order valence-corrected chi connectivity index (χ0v) is 43.8. The van der Waals surface area contributed by atoms with E-state index in [1.165, 1.54) is 24.3 Å². The Morgan fingerprint density at radius 2 is 1.13 bits per heavy atom. The van der Waals surface area contributed by atoms with Crippen molar-refractivity contribution < 1.29 is 83.2 Å². The van der Waals surface area contributed by atoms with Gasteiger partial charge in [0.05, 0.1) is 54.9 Å². The Labute approximate surface area is 420 Å². The Balaban J connectivity index is 1.28. The van der Waals surface area contributed by atoms with Crippen molar-refractivity contribution in [2.75, 3.05) is 0 Å². The highest BCUT2D eigenvalue weighted by atomic mass is 16.7. The zero-order valence-electron chi connectivity index (χ0n) is 43.8. The summed E-state index contributed by atoms with van der Waals surface area (Å²) < 4.78 is 49.3. The third-order valence-corrected chi connectivity index (χ3v) is 15.9. The van der Waals surface area contributed by atoms with Crippen molar-refractivity contribution in [3.63, 3.8) is 0 Å². The molecule has 0 aromatic carbocycles. The second kappa shape index (κ2) is 25.9. The molecule has 5 rings (SSSR count). The molecule has 3 saturated heterocycles. The second-order valence-corrected chi connectivity index (χ2v) is 21.1. The van der Waals surface area contributed by atoms with Crippen LogP contribution in [0.2, 0.25) is 0 Å². The Morgan fingerprint density at radius 3 is 1.61 bits per heavy atom. The number of aliphatic hydroxyl groups excluding tert-OH is 6. The fourth-order valence-electron chi connectivity index (χ4n) is 11.1. The number of rotatable bonds is 14. The number of esters is 2. The van der Waals surface area contributed by atoms with Crippen molar-refractivity contribution in [1.82, 2.24) is 0 Å². The zero-order chi connectivity index (χ0) is 52.6. The molecule has 5 aliphatic heterocycles. The second-order valence-electron chi connectivity index (χ2n) is 21.1. The van der Waals surface area contributed by atoms with Crippen LogP contribution in [0.4, 0.5) is 0 Å². The van der Waals surface area contributed by atoms with Crippen molar-refractivity contribution in [2.45, 2.75) is 219 Å². The molecule has 71 heavy (non-hydrogen) atoms. The number of carbonyl (C=O) groups is 2. The van der Waals surface area contributed by atoms with Gasteiger partial charge in [0.2, 0.25) is 0 Å². The third-order valence-electron chi connectivity index (χ3n) is 15.9. The Hall–Kier alpha value is -3.04. The van der Waals surface area contributed by atoms with E-state index in [0.717, 1.165) is 6.42 Å². The first-order valence-corrected chi connectivity index (χ1v) is 26.0. The number of ether oxygens (including phenoxy) is 8. The van der Waals surface area contributed by atoms with Gasteiger partial charge in [0.15, 0.2) is 18.4 Å². The SMILES string of the molecule is CC[C@@H]1[C@@H](C)OC([C@@H](C)[C@@H](O)[C@@H](C)[C@H]2OC(=O)/C=C/C=C/[C@H](C)[C@@H]([C@@H](C)[C@@H](O)[C@H](C)[C@]3(O)C[C@H](O[C@@H]4C[C@@H](O)[C@@H](O)[C@@H](C)O4)[C@@H](CC)[C@H](C)O3)OC(=O)/C=C/C=C/[C@@H]2C)=C[C@H]1O[C@@H]1C[C@H](O)[C@H](O)[C@H](C)O1. The van der Waals surface area contributed by atoms with Gasteiger partial charge in [-0.15, -0.1) is 0 Å². The highest BCUT2D eigenvalue weighted by molar-refractivity contribution is 5.83. The van der Waals surface area contributed by atoms with Gasteiger partial charge in [-0.1, -0.05) is 91.8 Å². The van der Waals surface area contributed by atoms with Gasteiger partial charge in [0, 0.05) is 78.8 Å². The highest BCUT2D eigenvalue weighted by Gasteiger charge is 2.52. The molecule has 0 aromatic rings. The Kier molecular flexibility index (Phi) is 21.5. The molecular formula is C54H86O17. The molecule has 0 unspecified atom stereocenters. The van der Waals surface area contributed by atoms with Crippen LogP contribution < -0.4 is 0 Å². The van der Waals surface area contributed by atoms with Gasteiger partial charge in [0.25, 0.3) is 0 Å². The minimum atomic E-state index is -1.87. The fourth-order valence-corrected chi connectivity index (χ4v) is 11.1. The fraction of sp³-hybridized carbons (Fsp3) is 0.778. The summed E-state index contributed by atoms with van der Waals surface area (Å²) in [7, 11) is 0. The van der Waals surface area contributed by atoms with Crippen molar-refractivity contribution >= 4 is 11.9 Å². The molecule has 0 amide bonds. The van der Waals surface area contributed by atoms with Crippen molar-refractivity contribution in [3.05, 3.63) is 60.4 Å². The predicted octanol–water partition coefficient (Wildman–Crippen LogP) is 4.92. The van der Waals surface area contributed by atoms with Crippen LogP contribution in [0, 0.1) is 47.3 Å². The average molecular weight is 1010 g/mol. The van der Waals surface area contributed by atoms with Gasteiger partial charge in [0.1, 0.15) is 36.3 Å². The van der Waals surface area contributed by atoms with Crippen LogP contribution >= 0.6 is 0 Å². The maximum Gasteiger partial charge on any atom is 0.331 e. The monoisotopic (exact) mass is 1010 g/mol. The van der Waals surface area contributed by atoms with E-state index in [9.17, 15) is 45.3 Å². The van der Waals surface area contributed by atoms with E-state index in [-0.39, 0.29) is 37.2 Å². The summed E-state index contributed by atoms with van der Waals surface area (Å²) in [4.78, 5) is 27.0. The van der Waals surface area contributed by atoms with Crippen LogP contribution in [0.3, 0.4) is 0 Å². The van der Waals surface area contributed by atoms with E-state index < -0.39 is 145 Å². The van der Waals surface area contributed by atoms with E-state index >= 15 is 0 Å². The lowest BCUT2D eigenvalue weighted by atomic mass is 9.76. The van der Waals surface area contributed by atoms with E-state index in [4.69, 9.17) is 37.9 Å². The summed E-state index contributed by atoms with van der Waals surface area (Å²) >= 11 is 0. The Morgan fingerprint density at radius 1 is 0.648 bits per heavy atom. The highest BCUT2D eigenvalue weighted by Crippen LogP contribution is 2.43. The van der Waals surface area contributed by atoms with Gasteiger partial charge < -0.3 is 73.6 Å². The first-order valence-electron chi connectivity index (χ1n) is 26.0. The molecule has 17 nitrogen and oxygen atoms in total. The van der Waals surface area contributed by atoms with E-state index in [1.54, 1.807) is 58.9 Å². The van der Waals surface area contributed by atoms with Crippen LogP contribution in [-0.2, 0) is 47.5 Å². The lowest BCUT2D eigenvalue weighted by molar-refractivity contribution is -0.344. The topological polar surface area (TPSA) is 250 Å². The van der Waals surface area contributed by atoms with Crippen LogP contribution in [0.1, 0.15) is 115 Å².